The Morgan fingerprint density at radius 3 is 2.68 bits per heavy atom. The molecule has 3 rings (SSSR count). The molecule has 0 saturated heterocycles. The van der Waals surface area contributed by atoms with Gasteiger partial charge in [-0.05, 0) is 17.7 Å². The molecule has 0 spiro atoms. The van der Waals surface area contributed by atoms with E-state index in [2.05, 4.69) is 0 Å². The van der Waals surface area contributed by atoms with Crippen LogP contribution >= 0.6 is 0 Å². The minimum absolute atomic E-state index is 0.00629. The first-order valence-electron chi connectivity index (χ1n) is 7.24. The van der Waals surface area contributed by atoms with Gasteiger partial charge in [0.25, 0.3) is 0 Å². The first-order chi connectivity index (χ1) is 10.7. The van der Waals surface area contributed by atoms with E-state index in [1.165, 1.54) is 0 Å². The number of rotatable bonds is 3. The van der Waals surface area contributed by atoms with Crippen molar-refractivity contribution in [2.45, 2.75) is 12.8 Å². The van der Waals surface area contributed by atoms with Crippen LogP contribution in [0.15, 0.2) is 48.5 Å². The molecule has 1 heterocycles. The van der Waals surface area contributed by atoms with Crippen molar-refractivity contribution in [3.63, 3.8) is 0 Å². The first-order valence-corrected chi connectivity index (χ1v) is 7.24. The highest BCUT2D eigenvalue weighted by molar-refractivity contribution is 6.09. The van der Waals surface area contributed by atoms with E-state index in [4.69, 9.17) is 4.74 Å². The minimum Gasteiger partial charge on any atom is -0.497 e. The van der Waals surface area contributed by atoms with Crippen LogP contribution in [0.2, 0.25) is 0 Å². The van der Waals surface area contributed by atoms with Gasteiger partial charge in [0.2, 0.25) is 5.91 Å². The molecule has 2 aromatic carbocycles. The molecule has 1 amide bonds. The van der Waals surface area contributed by atoms with Crippen LogP contribution in [0, 0.1) is 0 Å². The second kappa shape index (κ2) is 6.02. The molecule has 0 fully saturated rings. The fraction of sp³-hybridized carbons (Fsp3) is 0.222. The summed E-state index contributed by atoms with van der Waals surface area (Å²) in [5.74, 6) is 0.709. The molecule has 0 bridgehead atoms. The van der Waals surface area contributed by atoms with Gasteiger partial charge in [-0.15, -0.1) is 0 Å². The number of Topliss-reactive ketones (excluding diaryl/α,β-unsaturated/α-hetero) is 1. The molecular weight excluding hydrogens is 278 g/mol. The van der Waals surface area contributed by atoms with Crippen molar-refractivity contribution in [1.29, 1.82) is 0 Å². The predicted octanol–water partition coefficient (Wildman–Crippen LogP) is 2.86. The van der Waals surface area contributed by atoms with Crippen LogP contribution in [0.25, 0.3) is 0 Å². The van der Waals surface area contributed by atoms with Crippen LogP contribution in [0.3, 0.4) is 0 Å². The zero-order chi connectivity index (χ0) is 15.5. The van der Waals surface area contributed by atoms with Gasteiger partial charge in [0.15, 0.2) is 5.78 Å². The lowest BCUT2D eigenvalue weighted by Crippen LogP contribution is -2.38. The quantitative estimate of drug-likeness (QED) is 0.874. The summed E-state index contributed by atoms with van der Waals surface area (Å²) in [6.45, 7) is 0.421. The maximum absolute atomic E-state index is 12.6. The van der Waals surface area contributed by atoms with Crippen molar-refractivity contribution in [3.8, 4) is 5.75 Å². The minimum atomic E-state index is -0.00629. The summed E-state index contributed by atoms with van der Waals surface area (Å²) in [6, 6.07) is 14.9. The highest BCUT2D eigenvalue weighted by atomic mass is 16.5. The van der Waals surface area contributed by atoms with Gasteiger partial charge in [0, 0.05) is 24.6 Å². The van der Waals surface area contributed by atoms with Gasteiger partial charge in [-0.25, -0.2) is 0 Å². The highest BCUT2D eigenvalue weighted by Gasteiger charge is 2.27. The maximum Gasteiger partial charge on any atom is 0.231 e. The van der Waals surface area contributed by atoms with Crippen LogP contribution in [0.4, 0.5) is 5.69 Å². The van der Waals surface area contributed by atoms with Crippen molar-refractivity contribution in [1.82, 2.24) is 0 Å². The fourth-order valence-corrected chi connectivity index (χ4v) is 2.69. The van der Waals surface area contributed by atoms with Crippen LogP contribution in [0.1, 0.15) is 22.3 Å². The highest BCUT2D eigenvalue weighted by Crippen LogP contribution is 2.31. The molecular formula is C18H17NO3. The Labute approximate surface area is 129 Å². The van der Waals surface area contributed by atoms with Gasteiger partial charge in [-0.3, -0.25) is 9.59 Å². The molecule has 0 radical (unpaired) electrons. The molecule has 1 aliphatic heterocycles. The van der Waals surface area contributed by atoms with E-state index < -0.39 is 0 Å². The second-order valence-electron chi connectivity index (χ2n) is 5.26. The summed E-state index contributed by atoms with van der Waals surface area (Å²) in [7, 11) is 1.57. The van der Waals surface area contributed by atoms with Crippen LogP contribution in [-0.2, 0) is 11.2 Å². The van der Waals surface area contributed by atoms with Crippen molar-refractivity contribution >= 4 is 17.4 Å². The number of hydrogen-bond acceptors (Lipinski definition) is 3. The lowest BCUT2D eigenvalue weighted by molar-refractivity contribution is -0.118. The van der Waals surface area contributed by atoms with Crippen LogP contribution < -0.4 is 9.64 Å². The summed E-state index contributed by atoms with van der Waals surface area (Å²) in [6.07, 6.45) is 0.686. The second-order valence-corrected chi connectivity index (χ2v) is 5.26. The van der Waals surface area contributed by atoms with Crippen molar-refractivity contribution in [2.24, 2.45) is 0 Å². The van der Waals surface area contributed by atoms with Gasteiger partial charge < -0.3 is 9.64 Å². The summed E-state index contributed by atoms with van der Waals surface area (Å²) < 4.78 is 5.21. The van der Waals surface area contributed by atoms with Crippen LogP contribution in [-0.4, -0.2) is 25.3 Å². The third kappa shape index (κ3) is 2.72. The molecule has 1 aliphatic rings. The van der Waals surface area contributed by atoms with Gasteiger partial charge in [-0.2, -0.15) is 0 Å². The number of anilines is 1. The fourth-order valence-electron chi connectivity index (χ4n) is 2.69. The molecule has 4 nitrogen and oxygen atoms in total. The van der Waals surface area contributed by atoms with Crippen LogP contribution in [0.5, 0.6) is 5.75 Å². The number of carbonyl (C=O) groups is 2. The number of ketones is 1. The molecule has 22 heavy (non-hydrogen) atoms. The third-order valence-electron chi connectivity index (χ3n) is 3.86. The molecule has 0 aliphatic carbocycles. The van der Waals surface area contributed by atoms with Crippen molar-refractivity contribution in [2.75, 3.05) is 18.6 Å². The van der Waals surface area contributed by atoms with E-state index >= 15 is 0 Å². The smallest absolute Gasteiger partial charge is 0.231 e. The Bertz CT molecular complexity index is 710. The zero-order valence-corrected chi connectivity index (χ0v) is 12.4. The summed E-state index contributed by atoms with van der Waals surface area (Å²) in [5.41, 5.74) is 2.21. The van der Waals surface area contributed by atoms with Gasteiger partial charge in [0.05, 0.1) is 19.2 Å². The summed E-state index contributed by atoms with van der Waals surface area (Å²) in [4.78, 5) is 26.3. The molecule has 0 unspecified atom stereocenters. The Hall–Kier alpha value is -2.62. The predicted molar refractivity (Wildman–Crippen MR) is 84.4 cm³/mol. The molecule has 0 aromatic heterocycles. The van der Waals surface area contributed by atoms with Gasteiger partial charge >= 0.3 is 0 Å². The largest absolute Gasteiger partial charge is 0.497 e. The monoisotopic (exact) mass is 295 g/mol. The Morgan fingerprint density at radius 2 is 1.95 bits per heavy atom. The van der Waals surface area contributed by atoms with Gasteiger partial charge in [-0.1, -0.05) is 30.3 Å². The summed E-state index contributed by atoms with van der Waals surface area (Å²) in [5, 5.41) is 0. The van der Waals surface area contributed by atoms with E-state index in [0.29, 0.717) is 36.4 Å². The summed E-state index contributed by atoms with van der Waals surface area (Å²) >= 11 is 0. The molecule has 0 saturated carbocycles. The molecule has 2 aromatic rings. The van der Waals surface area contributed by atoms with E-state index in [-0.39, 0.29) is 11.7 Å². The number of hydrogen-bond donors (Lipinski definition) is 0. The van der Waals surface area contributed by atoms with E-state index in [0.717, 1.165) is 5.56 Å². The number of nitrogens with zero attached hydrogens (tertiary/aromatic N) is 1. The molecule has 4 heteroatoms. The number of ether oxygens (including phenoxy) is 1. The molecule has 0 atom stereocenters. The van der Waals surface area contributed by atoms with Crippen molar-refractivity contribution in [3.05, 3.63) is 59.7 Å². The number of fused-ring (bicyclic) bond motifs is 1. The third-order valence-corrected chi connectivity index (χ3v) is 3.86. The standard InChI is InChI=1S/C18H17NO3/c1-22-14-7-8-15-16(12-14)19(10-9-17(15)20)18(21)11-13-5-3-2-4-6-13/h2-8,12H,9-11H2,1H3. The first kappa shape index (κ1) is 14.3. The zero-order valence-electron chi connectivity index (χ0n) is 12.4. The van der Waals surface area contributed by atoms with E-state index in [1.807, 2.05) is 30.3 Å². The Kier molecular flexibility index (Phi) is 3.92. The number of methoxy groups -OCH3 is 1. The average molecular weight is 295 g/mol. The Morgan fingerprint density at radius 1 is 1.18 bits per heavy atom. The lowest BCUT2D eigenvalue weighted by Gasteiger charge is -2.29. The number of carbonyl (C=O) groups excluding carboxylic acids is 2. The van der Waals surface area contributed by atoms with Crippen molar-refractivity contribution < 1.29 is 14.3 Å². The normalized spacial score (nSPS) is 13.7. The SMILES string of the molecule is COc1ccc2c(c1)N(C(=O)Cc1ccccc1)CCC2=O. The molecule has 112 valence electrons. The number of benzene rings is 2. The lowest BCUT2D eigenvalue weighted by atomic mass is 9.99. The van der Waals surface area contributed by atoms with E-state index in [1.54, 1.807) is 30.2 Å². The molecule has 0 N–H and O–H groups in total. The topological polar surface area (TPSA) is 46.6 Å². The Balaban J connectivity index is 1.90. The maximum atomic E-state index is 12.6. The number of amides is 1. The van der Waals surface area contributed by atoms with E-state index in [9.17, 15) is 9.59 Å². The average Bonchev–Trinajstić information content (AvgIpc) is 2.55. The van der Waals surface area contributed by atoms with Gasteiger partial charge in [0.1, 0.15) is 5.75 Å².